The van der Waals surface area contributed by atoms with Crippen molar-refractivity contribution in [3.8, 4) is 0 Å². The summed E-state index contributed by atoms with van der Waals surface area (Å²) in [5.74, 6) is 0. The first-order valence-electron chi connectivity index (χ1n) is 8.52. The molecule has 0 spiro atoms. The number of nitrogens with zero attached hydrogens (tertiary/aromatic N) is 1. The first-order valence-corrected chi connectivity index (χ1v) is 10.8. The molecule has 3 nitrogen and oxygen atoms in total. The third-order valence-electron chi connectivity index (χ3n) is 3.52. The standard InChI is InChI=1S/C16H37NO2Si/c1-6-9-13-18-20(15-8-3,19-14-10-7-2)16-11-12-17(4)5/h6-16H2,1-5H3. The van der Waals surface area contributed by atoms with E-state index in [9.17, 15) is 0 Å². The van der Waals surface area contributed by atoms with E-state index in [1.165, 1.54) is 25.7 Å². The fourth-order valence-corrected chi connectivity index (χ4v) is 5.71. The molecule has 0 unspecified atom stereocenters. The first kappa shape index (κ1) is 20.1. The molecule has 0 aromatic carbocycles. The zero-order valence-electron chi connectivity index (χ0n) is 14.5. The van der Waals surface area contributed by atoms with Gasteiger partial charge in [0.05, 0.1) is 0 Å². The molecule has 0 aliphatic rings. The molecule has 0 rings (SSSR count). The molecule has 4 heteroatoms. The molecule has 0 radical (unpaired) electrons. The maximum atomic E-state index is 6.34. The molecule has 122 valence electrons. The summed E-state index contributed by atoms with van der Waals surface area (Å²) in [5.41, 5.74) is 0. The maximum absolute atomic E-state index is 6.34. The molecular weight excluding hydrogens is 266 g/mol. The van der Waals surface area contributed by atoms with E-state index in [4.69, 9.17) is 8.85 Å². The topological polar surface area (TPSA) is 21.7 Å². The molecule has 0 bridgehead atoms. The van der Waals surface area contributed by atoms with E-state index in [-0.39, 0.29) is 0 Å². The molecule has 0 atom stereocenters. The van der Waals surface area contributed by atoms with Gasteiger partial charge in [-0.1, -0.05) is 40.0 Å². The van der Waals surface area contributed by atoms with Crippen LogP contribution in [0.3, 0.4) is 0 Å². The van der Waals surface area contributed by atoms with Crippen molar-refractivity contribution in [2.75, 3.05) is 33.9 Å². The van der Waals surface area contributed by atoms with Gasteiger partial charge in [0.2, 0.25) is 0 Å². The second-order valence-electron chi connectivity index (χ2n) is 5.97. The lowest BCUT2D eigenvalue weighted by molar-refractivity contribution is 0.161. The van der Waals surface area contributed by atoms with Crippen molar-refractivity contribution < 1.29 is 8.85 Å². The third-order valence-corrected chi connectivity index (χ3v) is 7.36. The van der Waals surface area contributed by atoms with Crippen LogP contribution >= 0.6 is 0 Å². The minimum atomic E-state index is -1.96. The summed E-state index contributed by atoms with van der Waals surface area (Å²) in [6, 6.07) is 2.29. The minimum Gasteiger partial charge on any atom is -0.394 e. The summed E-state index contributed by atoms with van der Waals surface area (Å²) < 4.78 is 12.7. The van der Waals surface area contributed by atoms with E-state index in [0.29, 0.717) is 0 Å². The Bertz CT molecular complexity index is 203. The second kappa shape index (κ2) is 12.8. The van der Waals surface area contributed by atoms with E-state index in [0.717, 1.165) is 44.7 Å². The van der Waals surface area contributed by atoms with Gasteiger partial charge in [0.1, 0.15) is 0 Å². The molecule has 0 N–H and O–H groups in total. The Morgan fingerprint density at radius 3 is 1.70 bits per heavy atom. The molecule has 20 heavy (non-hydrogen) atoms. The van der Waals surface area contributed by atoms with Crippen LogP contribution < -0.4 is 0 Å². The average molecular weight is 304 g/mol. The summed E-state index contributed by atoms with van der Waals surface area (Å²) in [6.07, 6.45) is 7.07. The van der Waals surface area contributed by atoms with Gasteiger partial charge in [-0.15, -0.1) is 0 Å². The SMILES string of the molecule is CCCCO[Si](CCC)(CCCN(C)C)OCCCC. The number of hydrogen-bond acceptors (Lipinski definition) is 3. The monoisotopic (exact) mass is 303 g/mol. The Hall–Kier alpha value is 0.0969. The predicted molar refractivity (Wildman–Crippen MR) is 90.6 cm³/mol. The highest BCUT2D eigenvalue weighted by molar-refractivity contribution is 6.67. The van der Waals surface area contributed by atoms with Crippen molar-refractivity contribution in [3.63, 3.8) is 0 Å². The lowest BCUT2D eigenvalue weighted by Crippen LogP contribution is -2.43. The zero-order valence-corrected chi connectivity index (χ0v) is 15.5. The highest BCUT2D eigenvalue weighted by Crippen LogP contribution is 2.24. The van der Waals surface area contributed by atoms with Crippen molar-refractivity contribution >= 4 is 8.56 Å². The summed E-state index contributed by atoms with van der Waals surface area (Å²) in [6.45, 7) is 9.59. The van der Waals surface area contributed by atoms with Crippen molar-refractivity contribution in [2.24, 2.45) is 0 Å². The fraction of sp³-hybridized carbons (Fsp3) is 1.00. The minimum absolute atomic E-state index is 0.886. The van der Waals surface area contributed by atoms with Crippen molar-refractivity contribution in [3.05, 3.63) is 0 Å². The summed E-state index contributed by atoms with van der Waals surface area (Å²) >= 11 is 0. The molecule has 0 amide bonds. The zero-order chi connectivity index (χ0) is 15.3. The van der Waals surface area contributed by atoms with Crippen LogP contribution in [0.15, 0.2) is 0 Å². The number of rotatable bonds is 14. The van der Waals surface area contributed by atoms with Crippen LogP contribution in [0, 0.1) is 0 Å². The van der Waals surface area contributed by atoms with Crippen LogP contribution in [-0.4, -0.2) is 47.3 Å². The summed E-state index contributed by atoms with van der Waals surface area (Å²) in [5, 5.41) is 0. The molecule has 0 fully saturated rings. The van der Waals surface area contributed by atoms with Crippen LogP contribution in [-0.2, 0) is 8.85 Å². The molecule has 0 aliphatic carbocycles. The predicted octanol–water partition coefficient (Wildman–Crippen LogP) is 4.42. The van der Waals surface area contributed by atoms with Gasteiger partial charge in [0, 0.05) is 13.2 Å². The van der Waals surface area contributed by atoms with Crippen LogP contribution in [0.5, 0.6) is 0 Å². The average Bonchev–Trinajstić information content (AvgIpc) is 2.39. The van der Waals surface area contributed by atoms with Crippen LogP contribution in [0.4, 0.5) is 0 Å². The second-order valence-corrected chi connectivity index (χ2v) is 9.37. The Kier molecular flexibility index (Phi) is 12.9. The van der Waals surface area contributed by atoms with Gasteiger partial charge in [-0.25, -0.2) is 0 Å². The van der Waals surface area contributed by atoms with Crippen LogP contribution in [0.25, 0.3) is 0 Å². The van der Waals surface area contributed by atoms with E-state index < -0.39 is 8.56 Å². The van der Waals surface area contributed by atoms with Gasteiger partial charge in [-0.2, -0.15) is 0 Å². The lowest BCUT2D eigenvalue weighted by atomic mass is 10.4. The molecule has 0 saturated carbocycles. The smallest absolute Gasteiger partial charge is 0.338 e. The molecule has 0 heterocycles. The van der Waals surface area contributed by atoms with E-state index in [1.807, 2.05) is 0 Å². The Morgan fingerprint density at radius 1 is 0.750 bits per heavy atom. The maximum Gasteiger partial charge on any atom is 0.338 e. The van der Waals surface area contributed by atoms with E-state index in [2.05, 4.69) is 39.8 Å². The van der Waals surface area contributed by atoms with Gasteiger partial charge in [0.25, 0.3) is 0 Å². The quantitative estimate of drug-likeness (QED) is 0.350. The van der Waals surface area contributed by atoms with Crippen LogP contribution in [0.1, 0.15) is 59.3 Å². The van der Waals surface area contributed by atoms with Crippen molar-refractivity contribution in [2.45, 2.75) is 71.4 Å². The molecule has 0 saturated heterocycles. The van der Waals surface area contributed by atoms with Crippen molar-refractivity contribution in [1.82, 2.24) is 4.90 Å². The highest BCUT2D eigenvalue weighted by Gasteiger charge is 2.35. The Labute approximate surface area is 128 Å². The largest absolute Gasteiger partial charge is 0.394 e. The number of unbranched alkanes of at least 4 members (excludes halogenated alkanes) is 2. The van der Waals surface area contributed by atoms with Crippen LogP contribution in [0.2, 0.25) is 12.1 Å². The van der Waals surface area contributed by atoms with Crippen molar-refractivity contribution in [1.29, 1.82) is 0 Å². The fourth-order valence-electron chi connectivity index (χ4n) is 2.31. The Morgan fingerprint density at radius 2 is 1.30 bits per heavy atom. The summed E-state index contributed by atoms with van der Waals surface area (Å²) in [4.78, 5) is 2.25. The molecule has 0 aromatic rings. The van der Waals surface area contributed by atoms with E-state index in [1.54, 1.807) is 0 Å². The lowest BCUT2D eigenvalue weighted by Gasteiger charge is -2.31. The van der Waals surface area contributed by atoms with Gasteiger partial charge in [-0.3, -0.25) is 0 Å². The first-order chi connectivity index (χ1) is 9.60. The number of hydrogen-bond donors (Lipinski definition) is 0. The van der Waals surface area contributed by atoms with Gasteiger partial charge in [0.15, 0.2) is 0 Å². The molecule has 0 aliphatic heterocycles. The van der Waals surface area contributed by atoms with Gasteiger partial charge in [-0.05, 0) is 52.0 Å². The van der Waals surface area contributed by atoms with Gasteiger partial charge >= 0.3 is 8.56 Å². The van der Waals surface area contributed by atoms with E-state index >= 15 is 0 Å². The highest BCUT2D eigenvalue weighted by atomic mass is 28.4. The molecular formula is C16H37NO2Si. The Balaban J connectivity index is 4.45. The summed E-state index contributed by atoms with van der Waals surface area (Å²) in [7, 11) is 2.31. The third kappa shape index (κ3) is 9.92. The normalized spacial score (nSPS) is 12.3. The molecule has 0 aromatic heterocycles. The van der Waals surface area contributed by atoms with Gasteiger partial charge < -0.3 is 13.8 Å².